The number of rotatable bonds is 3. The van der Waals surface area contributed by atoms with Crippen molar-refractivity contribution in [2.45, 2.75) is 25.8 Å². The van der Waals surface area contributed by atoms with E-state index in [-0.39, 0.29) is 5.75 Å². The number of fused-ring (bicyclic) bond motifs is 1. The standard InChI is InChI=1S/C13H16FN3O/c1-3-7-4-10(7)17-11-6-12(18-2)8(14)5-9(11)16-13(17)15/h5-7,10H,3-4H2,1-2H3,(H2,15,16). The van der Waals surface area contributed by atoms with Crippen molar-refractivity contribution in [1.29, 1.82) is 0 Å². The molecule has 0 bridgehead atoms. The van der Waals surface area contributed by atoms with Gasteiger partial charge in [0.25, 0.3) is 0 Å². The van der Waals surface area contributed by atoms with Gasteiger partial charge in [-0.05, 0) is 12.3 Å². The predicted molar refractivity (Wildman–Crippen MR) is 68.1 cm³/mol. The van der Waals surface area contributed by atoms with Crippen molar-refractivity contribution in [3.63, 3.8) is 0 Å². The van der Waals surface area contributed by atoms with Gasteiger partial charge in [0, 0.05) is 18.2 Å². The Morgan fingerprint density at radius 2 is 2.33 bits per heavy atom. The van der Waals surface area contributed by atoms with Crippen LogP contribution in [0.5, 0.6) is 5.75 Å². The van der Waals surface area contributed by atoms with Gasteiger partial charge in [-0.15, -0.1) is 0 Å². The molecule has 0 radical (unpaired) electrons. The summed E-state index contributed by atoms with van der Waals surface area (Å²) in [7, 11) is 1.46. The van der Waals surface area contributed by atoms with Gasteiger partial charge >= 0.3 is 0 Å². The van der Waals surface area contributed by atoms with E-state index in [4.69, 9.17) is 10.5 Å². The number of nitrogens with two attached hydrogens (primary N) is 1. The maximum atomic E-state index is 13.6. The highest BCUT2D eigenvalue weighted by atomic mass is 19.1. The van der Waals surface area contributed by atoms with Gasteiger partial charge < -0.3 is 15.0 Å². The fraction of sp³-hybridized carbons (Fsp3) is 0.462. The summed E-state index contributed by atoms with van der Waals surface area (Å²) in [5.41, 5.74) is 7.39. The molecule has 0 saturated heterocycles. The van der Waals surface area contributed by atoms with Crippen molar-refractivity contribution in [3.05, 3.63) is 17.9 Å². The third kappa shape index (κ3) is 1.54. The Hall–Kier alpha value is -1.78. The molecule has 1 aliphatic carbocycles. The molecule has 0 amide bonds. The summed E-state index contributed by atoms with van der Waals surface area (Å²) < 4.78 is 20.6. The molecule has 1 aromatic heterocycles. The Morgan fingerprint density at radius 1 is 1.56 bits per heavy atom. The maximum absolute atomic E-state index is 13.6. The molecule has 2 N–H and O–H groups in total. The van der Waals surface area contributed by atoms with Crippen molar-refractivity contribution in [3.8, 4) is 5.75 Å². The molecule has 3 rings (SSSR count). The zero-order valence-electron chi connectivity index (χ0n) is 10.5. The third-order valence-electron chi connectivity index (χ3n) is 3.73. The molecule has 4 nitrogen and oxygen atoms in total. The quantitative estimate of drug-likeness (QED) is 0.910. The summed E-state index contributed by atoms with van der Waals surface area (Å²) in [4.78, 5) is 4.22. The summed E-state index contributed by atoms with van der Waals surface area (Å²) in [6, 6.07) is 3.46. The van der Waals surface area contributed by atoms with Crippen molar-refractivity contribution in [2.24, 2.45) is 5.92 Å². The van der Waals surface area contributed by atoms with E-state index >= 15 is 0 Å². The first-order valence-electron chi connectivity index (χ1n) is 6.16. The minimum atomic E-state index is -0.405. The highest BCUT2D eigenvalue weighted by Crippen LogP contribution is 2.48. The van der Waals surface area contributed by atoms with Crippen LogP contribution in [0.1, 0.15) is 25.8 Å². The van der Waals surface area contributed by atoms with Crippen molar-refractivity contribution >= 4 is 17.0 Å². The first-order chi connectivity index (χ1) is 8.65. The van der Waals surface area contributed by atoms with Crippen LogP contribution in [0.4, 0.5) is 10.3 Å². The van der Waals surface area contributed by atoms with E-state index in [0.29, 0.717) is 23.4 Å². The third-order valence-corrected chi connectivity index (χ3v) is 3.73. The van der Waals surface area contributed by atoms with Crippen molar-refractivity contribution < 1.29 is 9.13 Å². The Labute approximate surface area is 105 Å². The van der Waals surface area contributed by atoms with Gasteiger partial charge in [-0.1, -0.05) is 13.3 Å². The van der Waals surface area contributed by atoms with Crippen LogP contribution in [-0.4, -0.2) is 16.7 Å². The summed E-state index contributed by atoms with van der Waals surface area (Å²) in [6.07, 6.45) is 2.24. The lowest BCUT2D eigenvalue weighted by Crippen LogP contribution is -2.02. The number of nitrogens with zero attached hydrogens (tertiary/aromatic N) is 2. The molecule has 2 aromatic rings. The first kappa shape index (κ1) is 11.3. The molecule has 0 aliphatic heterocycles. The van der Waals surface area contributed by atoms with E-state index in [2.05, 4.69) is 11.9 Å². The first-order valence-corrected chi connectivity index (χ1v) is 6.16. The Morgan fingerprint density at radius 3 is 2.94 bits per heavy atom. The average Bonchev–Trinajstić information content (AvgIpc) is 3.05. The molecule has 1 heterocycles. The molecule has 1 aromatic carbocycles. The summed E-state index contributed by atoms with van der Waals surface area (Å²) in [5, 5.41) is 0. The predicted octanol–water partition coefficient (Wildman–Crippen LogP) is 2.74. The SMILES string of the molecule is CCC1CC1n1c(N)nc2cc(F)c(OC)cc21. The lowest BCUT2D eigenvalue weighted by atomic mass is 10.2. The molecule has 0 spiro atoms. The zero-order valence-corrected chi connectivity index (χ0v) is 10.5. The highest BCUT2D eigenvalue weighted by molar-refractivity contribution is 5.80. The van der Waals surface area contributed by atoms with Crippen LogP contribution in [0.15, 0.2) is 12.1 Å². The number of hydrogen-bond donors (Lipinski definition) is 1. The topological polar surface area (TPSA) is 53.1 Å². The fourth-order valence-electron chi connectivity index (χ4n) is 2.61. The zero-order chi connectivity index (χ0) is 12.9. The van der Waals surface area contributed by atoms with Crippen LogP contribution < -0.4 is 10.5 Å². The molecule has 2 atom stereocenters. The van der Waals surface area contributed by atoms with Gasteiger partial charge in [-0.25, -0.2) is 9.37 Å². The minimum absolute atomic E-state index is 0.234. The lowest BCUT2D eigenvalue weighted by Gasteiger charge is -2.07. The summed E-state index contributed by atoms with van der Waals surface area (Å²) in [5.74, 6) is 0.939. The normalized spacial score (nSPS) is 22.4. The molecule has 1 aliphatic rings. The number of halogens is 1. The van der Waals surface area contributed by atoms with E-state index in [0.717, 1.165) is 18.4 Å². The molecule has 1 fully saturated rings. The molecule has 18 heavy (non-hydrogen) atoms. The van der Waals surface area contributed by atoms with Gasteiger partial charge in [0.05, 0.1) is 18.1 Å². The van der Waals surface area contributed by atoms with E-state index in [1.165, 1.54) is 13.2 Å². The van der Waals surface area contributed by atoms with Crippen LogP contribution in [0.2, 0.25) is 0 Å². The molecular weight excluding hydrogens is 233 g/mol. The Balaban J connectivity index is 2.16. The average molecular weight is 249 g/mol. The lowest BCUT2D eigenvalue weighted by molar-refractivity contribution is 0.387. The summed E-state index contributed by atoms with van der Waals surface area (Å²) >= 11 is 0. The molecule has 1 saturated carbocycles. The van der Waals surface area contributed by atoms with Gasteiger partial charge in [0.2, 0.25) is 5.95 Å². The monoisotopic (exact) mass is 249 g/mol. The number of hydrogen-bond acceptors (Lipinski definition) is 3. The van der Waals surface area contributed by atoms with Crippen LogP contribution in [0.3, 0.4) is 0 Å². The Kier molecular flexibility index (Phi) is 2.43. The van der Waals surface area contributed by atoms with Crippen LogP contribution in [-0.2, 0) is 0 Å². The number of ether oxygens (including phenoxy) is 1. The minimum Gasteiger partial charge on any atom is -0.494 e. The van der Waals surface area contributed by atoms with E-state index < -0.39 is 5.82 Å². The van der Waals surface area contributed by atoms with Crippen molar-refractivity contribution in [1.82, 2.24) is 9.55 Å². The number of benzene rings is 1. The van der Waals surface area contributed by atoms with Gasteiger partial charge in [-0.2, -0.15) is 0 Å². The number of imidazole rings is 1. The maximum Gasteiger partial charge on any atom is 0.201 e. The second kappa shape index (κ2) is 3.86. The smallest absolute Gasteiger partial charge is 0.201 e. The van der Waals surface area contributed by atoms with Gasteiger partial charge in [0.15, 0.2) is 11.6 Å². The van der Waals surface area contributed by atoms with E-state index in [9.17, 15) is 4.39 Å². The molecule has 5 heteroatoms. The van der Waals surface area contributed by atoms with E-state index in [1.54, 1.807) is 6.07 Å². The number of aromatic nitrogens is 2. The van der Waals surface area contributed by atoms with E-state index in [1.807, 2.05) is 4.57 Å². The number of nitrogen functional groups attached to an aromatic ring is 1. The Bertz CT molecular complexity index is 608. The molecule has 96 valence electrons. The number of methoxy groups -OCH3 is 1. The highest BCUT2D eigenvalue weighted by Gasteiger charge is 2.39. The summed E-state index contributed by atoms with van der Waals surface area (Å²) in [6.45, 7) is 2.17. The molecular formula is C13H16FN3O. The van der Waals surface area contributed by atoms with Crippen LogP contribution in [0.25, 0.3) is 11.0 Å². The van der Waals surface area contributed by atoms with Crippen molar-refractivity contribution in [2.75, 3.05) is 12.8 Å². The van der Waals surface area contributed by atoms with Crippen LogP contribution in [0, 0.1) is 11.7 Å². The second-order valence-corrected chi connectivity index (χ2v) is 4.79. The van der Waals surface area contributed by atoms with Gasteiger partial charge in [-0.3, -0.25) is 0 Å². The largest absolute Gasteiger partial charge is 0.494 e. The van der Waals surface area contributed by atoms with Gasteiger partial charge in [0.1, 0.15) is 0 Å². The fourth-order valence-corrected chi connectivity index (χ4v) is 2.61. The molecule has 2 unspecified atom stereocenters. The second-order valence-electron chi connectivity index (χ2n) is 4.79. The number of anilines is 1. The van der Waals surface area contributed by atoms with Crippen LogP contribution >= 0.6 is 0 Å².